The van der Waals surface area contributed by atoms with Gasteiger partial charge < -0.3 is 9.47 Å². The molecule has 1 saturated carbocycles. The van der Waals surface area contributed by atoms with Crippen LogP contribution in [0.15, 0.2) is 0 Å². The van der Waals surface area contributed by atoms with Gasteiger partial charge in [0, 0.05) is 0 Å². The molecular formula is C6H8F2O3. The zero-order valence-corrected chi connectivity index (χ0v) is 5.97. The van der Waals surface area contributed by atoms with Crippen LogP contribution in [0, 0.1) is 0 Å². The SMILES string of the molecule is COC(=O)C1(OC(F)F)CC1. The normalized spacial score (nSPS) is 20.0. The number of hydrogen-bond acceptors (Lipinski definition) is 3. The Hall–Kier alpha value is -0.710. The molecule has 0 spiro atoms. The Morgan fingerprint density at radius 1 is 1.55 bits per heavy atom. The van der Waals surface area contributed by atoms with Gasteiger partial charge in [0.05, 0.1) is 7.11 Å². The van der Waals surface area contributed by atoms with Crippen LogP contribution in [0.1, 0.15) is 12.8 Å². The summed E-state index contributed by atoms with van der Waals surface area (Å²) < 4.78 is 31.6. The average Bonchev–Trinajstić information content (AvgIpc) is 2.67. The third-order valence-corrected chi connectivity index (χ3v) is 1.58. The lowest BCUT2D eigenvalue weighted by atomic mass is 10.3. The Bertz CT molecular complexity index is 165. The third-order valence-electron chi connectivity index (χ3n) is 1.58. The standard InChI is InChI=1S/C6H8F2O3/c1-10-4(9)6(2-3-6)11-5(7)8/h5H,2-3H2,1H3. The van der Waals surface area contributed by atoms with Gasteiger partial charge in [0.25, 0.3) is 0 Å². The Kier molecular flexibility index (Phi) is 2.08. The molecule has 0 N–H and O–H groups in total. The minimum absolute atomic E-state index is 0.323. The van der Waals surface area contributed by atoms with Crippen molar-refractivity contribution >= 4 is 5.97 Å². The van der Waals surface area contributed by atoms with E-state index in [4.69, 9.17) is 0 Å². The van der Waals surface area contributed by atoms with Gasteiger partial charge in [0.15, 0.2) is 5.60 Å². The first-order chi connectivity index (χ1) is 5.10. The van der Waals surface area contributed by atoms with Crippen LogP contribution in [0.2, 0.25) is 0 Å². The van der Waals surface area contributed by atoms with Gasteiger partial charge in [-0.05, 0) is 12.8 Å². The molecule has 0 saturated heterocycles. The molecule has 3 nitrogen and oxygen atoms in total. The Morgan fingerprint density at radius 3 is 2.36 bits per heavy atom. The molecular weight excluding hydrogens is 158 g/mol. The van der Waals surface area contributed by atoms with Crippen LogP contribution in [0.3, 0.4) is 0 Å². The Balaban J connectivity index is 2.47. The third kappa shape index (κ3) is 1.65. The number of halogens is 2. The number of ether oxygens (including phenoxy) is 2. The van der Waals surface area contributed by atoms with E-state index in [0.29, 0.717) is 12.8 Å². The molecule has 1 aliphatic rings. The van der Waals surface area contributed by atoms with Gasteiger partial charge in [0.1, 0.15) is 0 Å². The quantitative estimate of drug-likeness (QED) is 0.585. The number of esters is 1. The molecule has 11 heavy (non-hydrogen) atoms. The van der Waals surface area contributed by atoms with Crippen molar-refractivity contribution in [3.05, 3.63) is 0 Å². The van der Waals surface area contributed by atoms with Gasteiger partial charge in [-0.2, -0.15) is 8.78 Å². The molecule has 0 bridgehead atoms. The molecule has 0 heterocycles. The maximum absolute atomic E-state index is 11.6. The van der Waals surface area contributed by atoms with E-state index in [0.717, 1.165) is 7.11 Å². The van der Waals surface area contributed by atoms with Crippen molar-refractivity contribution in [2.45, 2.75) is 25.1 Å². The van der Waals surface area contributed by atoms with Crippen LogP contribution in [0.25, 0.3) is 0 Å². The second-order valence-electron chi connectivity index (χ2n) is 2.36. The van der Waals surface area contributed by atoms with Crippen molar-refractivity contribution in [3.63, 3.8) is 0 Å². The topological polar surface area (TPSA) is 35.5 Å². The molecule has 0 amide bonds. The van der Waals surface area contributed by atoms with Gasteiger partial charge in [-0.3, -0.25) is 0 Å². The van der Waals surface area contributed by atoms with Gasteiger partial charge in [-0.15, -0.1) is 0 Å². The smallest absolute Gasteiger partial charge is 0.346 e. The van der Waals surface area contributed by atoms with E-state index in [1.54, 1.807) is 0 Å². The van der Waals surface area contributed by atoms with Crippen LogP contribution in [-0.2, 0) is 14.3 Å². The highest BCUT2D eigenvalue weighted by atomic mass is 19.3. The fraction of sp³-hybridized carbons (Fsp3) is 0.833. The highest BCUT2D eigenvalue weighted by Gasteiger charge is 2.54. The summed E-state index contributed by atoms with van der Waals surface area (Å²) in [5, 5.41) is 0. The van der Waals surface area contributed by atoms with Crippen molar-refractivity contribution in [1.82, 2.24) is 0 Å². The summed E-state index contributed by atoms with van der Waals surface area (Å²) in [5.41, 5.74) is -1.33. The molecule has 0 aromatic heterocycles. The monoisotopic (exact) mass is 166 g/mol. The van der Waals surface area contributed by atoms with E-state index in [2.05, 4.69) is 9.47 Å². The van der Waals surface area contributed by atoms with Crippen molar-refractivity contribution in [2.75, 3.05) is 7.11 Å². The predicted octanol–water partition coefficient (Wildman–Crippen LogP) is 0.931. The molecule has 64 valence electrons. The summed E-state index contributed by atoms with van der Waals surface area (Å²) in [6.07, 6.45) is 0.647. The van der Waals surface area contributed by atoms with Gasteiger partial charge in [-0.25, -0.2) is 4.79 Å². The molecule has 0 aliphatic heterocycles. The Labute approximate surface area is 62.3 Å². The lowest BCUT2D eigenvalue weighted by Gasteiger charge is -2.11. The molecule has 0 atom stereocenters. The molecule has 1 fully saturated rings. The second-order valence-corrected chi connectivity index (χ2v) is 2.36. The fourth-order valence-electron chi connectivity index (χ4n) is 0.840. The van der Waals surface area contributed by atoms with Crippen molar-refractivity contribution in [2.24, 2.45) is 0 Å². The first-order valence-electron chi connectivity index (χ1n) is 3.15. The number of alkyl halides is 2. The first kappa shape index (κ1) is 8.39. The predicted molar refractivity (Wildman–Crippen MR) is 31.1 cm³/mol. The van der Waals surface area contributed by atoms with Crippen LogP contribution in [-0.4, -0.2) is 25.3 Å². The zero-order valence-electron chi connectivity index (χ0n) is 5.97. The molecule has 1 aliphatic carbocycles. The Morgan fingerprint density at radius 2 is 2.09 bits per heavy atom. The van der Waals surface area contributed by atoms with E-state index in [9.17, 15) is 13.6 Å². The van der Waals surface area contributed by atoms with Crippen molar-refractivity contribution in [1.29, 1.82) is 0 Å². The van der Waals surface area contributed by atoms with Gasteiger partial charge in [0.2, 0.25) is 0 Å². The van der Waals surface area contributed by atoms with E-state index in [-0.39, 0.29) is 0 Å². The molecule has 5 heteroatoms. The molecule has 0 radical (unpaired) electrons. The summed E-state index contributed by atoms with van der Waals surface area (Å²) in [6.45, 7) is -2.91. The number of hydrogen-bond donors (Lipinski definition) is 0. The minimum Gasteiger partial charge on any atom is -0.467 e. The van der Waals surface area contributed by atoms with Crippen molar-refractivity contribution < 1.29 is 23.0 Å². The van der Waals surface area contributed by atoms with Crippen LogP contribution < -0.4 is 0 Å². The van der Waals surface area contributed by atoms with Crippen molar-refractivity contribution in [3.8, 4) is 0 Å². The largest absolute Gasteiger partial charge is 0.467 e. The lowest BCUT2D eigenvalue weighted by Crippen LogP contribution is -2.29. The summed E-state index contributed by atoms with van der Waals surface area (Å²) in [4.78, 5) is 10.8. The maximum atomic E-state index is 11.6. The van der Waals surface area contributed by atoms with E-state index < -0.39 is 18.2 Å². The number of rotatable bonds is 3. The fourth-order valence-corrected chi connectivity index (χ4v) is 0.840. The summed E-state index contributed by atoms with van der Waals surface area (Å²) >= 11 is 0. The molecule has 0 aromatic rings. The number of carbonyl (C=O) groups is 1. The summed E-state index contributed by atoms with van der Waals surface area (Å²) in [6, 6.07) is 0. The highest BCUT2D eigenvalue weighted by molar-refractivity contribution is 5.82. The second kappa shape index (κ2) is 2.73. The molecule has 0 unspecified atom stereocenters. The van der Waals surface area contributed by atoms with E-state index in [1.807, 2.05) is 0 Å². The van der Waals surface area contributed by atoms with Crippen LogP contribution in [0.5, 0.6) is 0 Å². The molecule has 1 rings (SSSR count). The number of methoxy groups -OCH3 is 1. The summed E-state index contributed by atoms with van der Waals surface area (Å²) in [7, 11) is 1.15. The van der Waals surface area contributed by atoms with E-state index in [1.165, 1.54) is 0 Å². The molecule has 0 aromatic carbocycles. The lowest BCUT2D eigenvalue weighted by molar-refractivity contribution is -0.197. The average molecular weight is 166 g/mol. The number of carbonyl (C=O) groups excluding carboxylic acids is 1. The van der Waals surface area contributed by atoms with Gasteiger partial charge >= 0.3 is 12.6 Å². The van der Waals surface area contributed by atoms with Crippen LogP contribution >= 0.6 is 0 Å². The van der Waals surface area contributed by atoms with E-state index >= 15 is 0 Å². The highest BCUT2D eigenvalue weighted by Crippen LogP contribution is 2.41. The summed E-state index contributed by atoms with van der Waals surface area (Å²) in [5.74, 6) is -0.710. The minimum atomic E-state index is -2.91. The first-order valence-corrected chi connectivity index (χ1v) is 3.15. The van der Waals surface area contributed by atoms with Gasteiger partial charge in [-0.1, -0.05) is 0 Å². The van der Waals surface area contributed by atoms with Crippen LogP contribution in [0.4, 0.5) is 8.78 Å². The maximum Gasteiger partial charge on any atom is 0.346 e. The zero-order chi connectivity index (χ0) is 8.48.